The van der Waals surface area contributed by atoms with Gasteiger partial charge in [0.15, 0.2) is 11.4 Å². The van der Waals surface area contributed by atoms with Crippen molar-refractivity contribution in [2.45, 2.75) is 32.1 Å². The Hall–Kier alpha value is -3.36. The lowest BCUT2D eigenvalue weighted by molar-refractivity contribution is -0.172. The number of carbonyl (C=O) groups is 2. The highest BCUT2D eigenvalue weighted by Gasteiger charge is 2.45. The van der Waals surface area contributed by atoms with Crippen LogP contribution in [0.4, 0.5) is 0 Å². The maximum atomic E-state index is 13.1. The zero-order valence-electron chi connectivity index (χ0n) is 16.3. The van der Waals surface area contributed by atoms with Gasteiger partial charge in [-0.2, -0.15) is 0 Å². The molecule has 8 nitrogen and oxygen atoms in total. The van der Waals surface area contributed by atoms with Crippen molar-refractivity contribution in [3.05, 3.63) is 62.9 Å². The average molecular weight is 405 g/mol. The molecule has 0 radical (unpaired) electrons. The van der Waals surface area contributed by atoms with E-state index < -0.39 is 11.6 Å². The quantitative estimate of drug-likeness (QED) is 0.388. The summed E-state index contributed by atoms with van der Waals surface area (Å²) in [6.45, 7) is 1.75. The summed E-state index contributed by atoms with van der Waals surface area (Å²) in [5, 5.41) is 11.7. The molecule has 0 spiro atoms. The number of aliphatic hydroxyl groups is 1. The summed E-state index contributed by atoms with van der Waals surface area (Å²) in [6, 6.07) is 8.76. The Labute approximate surface area is 170 Å². The fraction of sp³-hybridized carbons (Fsp3) is 0.273. The molecule has 0 bridgehead atoms. The van der Waals surface area contributed by atoms with Gasteiger partial charge in [0.2, 0.25) is 0 Å². The van der Waals surface area contributed by atoms with E-state index in [1.807, 2.05) is 6.07 Å². The number of cyclic esters (lactones) is 1. The Kier molecular flexibility index (Phi) is 3.93. The SMILES string of the molecule is CC[C@@]1(O)C(=O)OCc2c1cc1n(c2=O)Cc2cc3cc(C(=O)CN)ccc3nc2-1. The molecule has 1 aromatic carbocycles. The van der Waals surface area contributed by atoms with Crippen molar-refractivity contribution in [1.82, 2.24) is 9.55 Å². The number of esters is 1. The molecule has 0 saturated carbocycles. The van der Waals surface area contributed by atoms with Crippen molar-refractivity contribution in [3.8, 4) is 11.4 Å². The number of nitrogens with zero attached hydrogens (tertiary/aromatic N) is 2. The maximum Gasteiger partial charge on any atom is 0.343 e. The second-order valence-corrected chi connectivity index (χ2v) is 7.63. The molecule has 3 N–H and O–H groups in total. The third-order valence-corrected chi connectivity index (χ3v) is 6.01. The summed E-state index contributed by atoms with van der Waals surface area (Å²) in [5.41, 5.74) is 7.07. The summed E-state index contributed by atoms with van der Waals surface area (Å²) < 4.78 is 6.66. The van der Waals surface area contributed by atoms with Gasteiger partial charge in [0.05, 0.1) is 35.6 Å². The molecular weight excluding hydrogens is 386 g/mol. The number of hydrogen-bond donors (Lipinski definition) is 2. The highest BCUT2D eigenvalue weighted by molar-refractivity contribution is 6.01. The van der Waals surface area contributed by atoms with E-state index in [4.69, 9.17) is 15.5 Å². The number of carbonyl (C=O) groups excluding carboxylic acids is 2. The van der Waals surface area contributed by atoms with E-state index in [0.29, 0.717) is 29.0 Å². The molecule has 0 unspecified atom stereocenters. The normalized spacial score (nSPS) is 19.2. The van der Waals surface area contributed by atoms with Gasteiger partial charge in [-0.05, 0) is 36.8 Å². The zero-order chi connectivity index (χ0) is 21.2. The van der Waals surface area contributed by atoms with Gasteiger partial charge in [-0.15, -0.1) is 0 Å². The summed E-state index contributed by atoms with van der Waals surface area (Å²) >= 11 is 0. The van der Waals surface area contributed by atoms with Gasteiger partial charge in [-0.1, -0.05) is 6.92 Å². The Morgan fingerprint density at radius 1 is 1.30 bits per heavy atom. The molecule has 2 aromatic heterocycles. The van der Waals surface area contributed by atoms with E-state index in [1.165, 1.54) is 0 Å². The van der Waals surface area contributed by atoms with Crippen LogP contribution in [0.1, 0.15) is 40.4 Å². The van der Waals surface area contributed by atoms with Gasteiger partial charge in [0.1, 0.15) is 6.61 Å². The summed E-state index contributed by atoms with van der Waals surface area (Å²) in [5.74, 6) is -0.906. The highest BCUT2D eigenvalue weighted by Crippen LogP contribution is 2.38. The van der Waals surface area contributed by atoms with E-state index in [1.54, 1.807) is 35.8 Å². The first-order chi connectivity index (χ1) is 14.4. The van der Waals surface area contributed by atoms with Crippen molar-refractivity contribution in [2.75, 3.05) is 6.54 Å². The van der Waals surface area contributed by atoms with E-state index in [9.17, 15) is 19.5 Å². The first kappa shape index (κ1) is 18.7. The minimum absolute atomic E-state index is 0.0720. The first-order valence-corrected chi connectivity index (χ1v) is 9.71. The van der Waals surface area contributed by atoms with Gasteiger partial charge in [-0.3, -0.25) is 9.59 Å². The van der Waals surface area contributed by atoms with Crippen molar-refractivity contribution in [1.29, 1.82) is 0 Å². The van der Waals surface area contributed by atoms with Crippen LogP contribution in [-0.4, -0.2) is 33.0 Å². The van der Waals surface area contributed by atoms with Gasteiger partial charge < -0.3 is 20.1 Å². The van der Waals surface area contributed by atoms with E-state index in [0.717, 1.165) is 10.9 Å². The van der Waals surface area contributed by atoms with Crippen molar-refractivity contribution in [2.24, 2.45) is 5.73 Å². The number of pyridine rings is 2. The van der Waals surface area contributed by atoms with Gasteiger partial charge in [-0.25, -0.2) is 9.78 Å². The van der Waals surface area contributed by atoms with Crippen LogP contribution in [0.15, 0.2) is 35.1 Å². The first-order valence-electron chi connectivity index (χ1n) is 9.71. The van der Waals surface area contributed by atoms with Crippen molar-refractivity contribution in [3.63, 3.8) is 0 Å². The molecule has 0 fully saturated rings. The molecule has 8 heteroatoms. The lowest BCUT2D eigenvalue weighted by atomic mass is 9.86. The smallest absolute Gasteiger partial charge is 0.343 e. The van der Waals surface area contributed by atoms with Gasteiger partial charge in [0, 0.05) is 22.1 Å². The molecule has 0 amide bonds. The number of Topliss-reactive ketones (excluding diaryl/α,β-unsaturated/α-hetero) is 1. The van der Waals surface area contributed by atoms with Crippen LogP contribution in [-0.2, 0) is 28.3 Å². The van der Waals surface area contributed by atoms with E-state index >= 15 is 0 Å². The number of benzene rings is 1. The molecule has 30 heavy (non-hydrogen) atoms. The molecule has 5 rings (SSSR count). The number of fused-ring (bicyclic) bond motifs is 5. The van der Waals surface area contributed by atoms with Crippen LogP contribution in [0.5, 0.6) is 0 Å². The van der Waals surface area contributed by atoms with Crippen molar-refractivity contribution < 1.29 is 19.4 Å². The fourth-order valence-electron chi connectivity index (χ4n) is 4.28. The topological polar surface area (TPSA) is 125 Å². The number of hydrogen-bond acceptors (Lipinski definition) is 7. The van der Waals surface area contributed by atoms with Gasteiger partial charge in [0.25, 0.3) is 5.56 Å². The molecule has 3 aromatic rings. The lowest BCUT2D eigenvalue weighted by Gasteiger charge is -2.31. The second kappa shape index (κ2) is 6.32. The number of aromatic nitrogens is 2. The van der Waals surface area contributed by atoms with Crippen LogP contribution >= 0.6 is 0 Å². The highest BCUT2D eigenvalue weighted by atomic mass is 16.6. The molecule has 152 valence electrons. The third kappa shape index (κ3) is 2.41. The molecular formula is C22H19N3O5. The molecule has 4 heterocycles. The second-order valence-electron chi connectivity index (χ2n) is 7.63. The number of ether oxygens (including phenoxy) is 1. The van der Waals surface area contributed by atoms with Crippen LogP contribution in [0.2, 0.25) is 0 Å². The predicted molar refractivity (Wildman–Crippen MR) is 108 cm³/mol. The summed E-state index contributed by atoms with van der Waals surface area (Å²) in [4.78, 5) is 42.0. The predicted octanol–water partition coefficient (Wildman–Crippen LogP) is 1.22. The fourth-order valence-corrected chi connectivity index (χ4v) is 4.28. The largest absolute Gasteiger partial charge is 0.458 e. The van der Waals surface area contributed by atoms with Crippen LogP contribution < -0.4 is 11.3 Å². The molecule has 1 atom stereocenters. The minimum atomic E-state index is -1.85. The Morgan fingerprint density at radius 3 is 2.83 bits per heavy atom. The molecule has 0 saturated heterocycles. The Bertz CT molecular complexity index is 1330. The van der Waals surface area contributed by atoms with Crippen LogP contribution in [0.25, 0.3) is 22.3 Å². The van der Waals surface area contributed by atoms with Crippen molar-refractivity contribution >= 4 is 22.7 Å². The zero-order valence-corrected chi connectivity index (χ0v) is 16.3. The Morgan fingerprint density at radius 2 is 2.10 bits per heavy atom. The Balaban J connectivity index is 1.72. The number of rotatable bonds is 3. The summed E-state index contributed by atoms with van der Waals surface area (Å²) in [6.07, 6.45) is 0.0949. The van der Waals surface area contributed by atoms with Gasteiger partial charge >= 0.3 is 5.97 Å². The maximum absolute atomic E-state index is 13.1. The monoisotopic (exact) mass is 405 g/mol. The van der Waals surface area contributed by atoms with Crippen LogP contribution in [0, 0.1) is 0 Å². The van der Waals surface area contributed by atoms with E-state index in [2.05, 4.69) is 0 Å². The molecule has 2 aliphatic heterocycles. The average Bonchev–Trinajstić information content (AvgIpc) is 3.12. The van der Waals surface area contributed by atoms with E-state index in [-0.39, 0.29) is 42.0 Å². The van der Waals surface area contributed by atoms with Crippen LogP contribution in [0.3, 0.4) is 0 Å². The summed E-state index contributed by atoms with van der Waals surface area (Å²) in [7, 11) is 0. The third-order valence-electron chi connectivity index (χ3n) is 6.01. The minimum Gasteiger partial charge on any atom is -0.458 e. The number of nitrogens with two attached hydrogens (primary N) is 1. The molecule has 2 aliphatic rings. The standard InChI is InChI=1S/C22H19N3O5/c1-2-22(29)15-7-17-19-13(9-25(17)20(27)14(15)10-30-21(22)28)6-12-5-11(18(26)8-23)3-4-16(12)24-19/h3-7,29H,2,8-10,23H2,1H3/t22-/m0/s1. The molecule has 0 aliphatic carbocycles. The lowest BCUT2D eigenvalue weighted by Crippen LogP contribution is -2.44. The number of ketones is 1.